The number of aromatic nitrogens is 2. The number of carbonyl (C=O) groups excluding carboxylic acids is 2. The van der Waals surface area contributed by atoms with Crippen molar-refractivity contribution in [2.45, 2.75) is 51.1 Å². The molecule has 2 aliphatic rings. The van der Waals surface area contributed by atoms with E-state index in [1.165, 1.54) is 24.3 Å². The van der Waals surface area contributed by atoms with Crippen molar-refractivity contribution in [1.82, 2.24) is 15.1 Å². The fourth-order valence-electron chi connectivity index (χ4n) is 3.66. The van der Waals surface area contributed by atoms with Gasteiger partial charge in [0.2, 0.25) is 5.91 Å². The maximum absolute atomic E-state index is 13.0. The first-order valence-corrected chi connectivity index (χ1v) is 9.00. The second-order valence-corrected chi connectivity index (χ2v) is 7.00. The zero-order valence-electron chi connectivity index (χ0n) is 14.6. The van der Waals surface area contributed by atoms with E-state index in [1.54, 1.807) is 0 Å². The molecule has 0 radical (unpaired) electrons. The van der Waals surface area contributed by atoms with E-state index in [-0.39, 0.29) is 23.2 Å². The zero-order valence-corrected chi connectivity index (χ0v) is 14.6. The third-order valence-electron chi connectivity index (χ3n) is 5.27. The van der Waals surface area contributed by atoms with E-state index in [4.69, 9.17) is 0 Å². The number of fused-ring (bicyclic) bond motifs is 2. The van der Waals surface area contributed by atoms with Crippen molar-refractivity contribution >= 4 is 17.6 Å². The lowest BCUT2D eigenvalue weighted by Crippen LogP contribution is -2.35. The Kier molecular flexibility index (Phi) is 4.01. The van der Waals surface area contributed by atoms with Crippen LogP contribution in [0.2, 0.25) is 0 Å². The van der Waals surface area contributed by atoms with Gasteiger partial charge in [-0.1, -0.05) is 13.3 Å². The first-order valence-electron chi connectivity index (χ1n) is 9.00. The maximum atomic E-state index is 13.0. The molecule has 136 valence electrons. The van der Waals surface area contributed by atoms with E-state index in [0.29, 0.717) is 24.3 Å². The smallest absolute Gasteiger partial charge is 0.256 e. The Bertz CT molecular complexity index is 855. The van der Waals surface area contributed by atoms with Crippen LogP contribution in [-0.4, -0.2) is 26.9 Å². The second kappa shape index (κ2) is 6.23. The molecule has 1 spiro atoms. The van der Waals surface area contributed by atoms with E-state index in [2.05, 4.69) is 22.4 Å². The third kappa shape index (κ3) is 2.67. The highest BCUT2D eigenvalue weighted by Crippen LogP contribution is 2.57. The SMILES string of the molecule is CCCCC(=O)N1Cc2c(NC(=O)c3ccc(F)cc3)n[nH]c2C12CC2. The fourth-order valence-corrected chi connectivity index (χ4v) is 3.66. The molecule has 2 heterocycles. The molecule has 26 heavy (non-hydrogen) atoms. The Morgan fingerprint density at radius 3 is 2.69 bits per heavy atom. The number of hydrogen-bond acceptors (Lipinski definition) is 3. The van der Waals surface area contributed by atoms with Crippen LogP contribution in [0.5, 0.6) is 0 Å². The summed E-state index contributed by atoms with van der Waals surface area (Å²) in [5, 5.41) is 10.1. The Morgan fingerprint density at radius 1 is 1.31 bits per heavy atom. The number of nitrogens with zero attached hydrogens (tertiary/aromatic N) is 2. The van der Waals surface area contributed by atoms with Gasteiger partial charge in [0.25, 0.3) is 5.91 Å². The van der Waals surface area contributed by atoms with Gasteiger partial charge in [0.05, 0.1) is 17.8 Å². The average molecular weight is 356 g/mol. The monoisotopic (exact) mass is 356 g/mol. The molecule has 1 fully saturated rings. The van der Waals surface area contributed by atoms with Gasteiger partial charge >= 0.3 is 0 Å². The quantitative estimate of drug-likeness (QED) is 0.863. The maximum Gasteiger partial charge on any atom is 0.256 e. The average Bonchev–Trinajstić information content (AvgIpc) is 3.23. The Labute approximate surface area is 150 Å². The van der Waals surface area contributed by atoms with Crippen molar-refractivity contribution in [1.29, 1.82) is 0 Å². The number of H-pyrrole nitrogens is 1. The predicted octanol–water partition coefficient (Wildman–Crippen LogP) is 3.32. The van der Waals surface area contributed by atoms with Gasteiger partial charge in [0, 0.05) is 17.5 Å². The van der Waals surface area contributed by atoms with Crippen LogP contribution < -0.4 is 5.32 Å². The van der Waals surface area contributed by atoms with Gasteiger partial charge in [0.15, 0.2) is 5.82 Å². The summed E-state index contributed by atoms with van der Waals surface area (Å²) in [7, 11) is 0. The predicted molar refractivity (Wildman–Crippen MR) is 93.9 cm³/mol. The molecule has 2 N–H and O–H groups in total. The third-order valence-corrected chi connectivity index (χ3v) is 5.27. The summed E-state index contributed by atoms with van der Waals surface area (Å²) in [6.07, 6.45) is 4.26. The van der Waals surface area contributed by atoms with Crippen molar-refractivity contribution in [3.05, 3.63) is 46.9 Å². The van der Waals surface area contributed by atoms with E-state index >= 15 is 0 Å². The number of benzene rings is 1. The highest BCUT2D eigenvalue weighted by atomic mass is 19.1. The summed E-state index contributed by atoms with van der Waals surface area (Å²) in [5.74, 6) is -0.129. The molecular weight excluding hydrogens is 335 g/mol. The number of nitrogens with one attached hydrogen (secondary N) is 2. The van der Waals surface area contributed by atoms with Crippen molar-refractivity contribution in [2.24, 2.45) is 0 Å². The number of anilines is 1. The lowest BCUT2D eigenvalue weighted by atomic mass is 10.1. The highest BCUT2D eigenvalue weighted by Gasteiger charge is 2.58. The molecule has 0 saturated heterocycles. The molecule has 1 aliphatic carbocycles. The van der Waals surface area contributed by atoms with Gasteiger partial charge in [-0.3, -0.25) is 14.7 Å². The number of halogens is 1. The molecule has 6 nitrogen and oxygen atoms in total. The number of amides is 2. The van der Waals surface area contributed by atoms with Gasteiger partial charge in [-0.05, 0) is 43.5 Å². The molecule has 2 aromatic rings. The minimum Gasteiger partial charge on any atom is -0.327 e. The van der Waals surface area contributed by atoms with E-state index < -0.39 is 0 Å². The molecule has 1 aromatic carbocycles. The van der Waals surface area contributed by atoms with Gasteiger partial charge < -0.3 is 10.2 Å². The first kappa shape index (κ1) is 16.8. The van der Waals surface area contributed by atoms with Crippen LogP contribution in [0.1, 0.15) is 60.6 Å². The zero-order chi connectivity index (χ0) is 18.3. The molecular formula is C19H21FN4O2. The Balaban J connectivity index is 1.54. The standard InChI is InChI=1S/C19H21FN4O2/c1-2-3-4-15(25)24-11-14-16(19(24)9-10-19)22-23-17(14)21-18(26)12-5-7-13(20)8-6-12/h5-8H,2-4,9-11H2,1H3,(H2,21,22,23,26). The topological polar surface area (TPSA) is 78.1 Å². The van der Waals surface area contributed by atoms with E-state index in [0.717, 1.165) is 36.9 Å². The van der Waals surface area contributed by atoms with Crippen molar-refractivity contribution in [3.8, 4) is 0 Å². The number of rotatable bonds is 5. The van der Waals surface area contributed by atoms with E-state index in [1.807, 2.05) is 4.90 Å². The molecule has 1 aromatic heterocycles. The summed E-state index contributed by atoms with van der Waals surface area (Å²) >= 11 is 0. The normalized spacial score (nSPS) is 16.6. The van der Waals surface area contributed by atoms with Crippen molar-refractivity contribution in [2.75, 3.05) is 5.32 Å². The molecule has 1 aliphatic heterocycles. The molecule has 0 bridgehead atoms. The molecule has 7 heteroatoms. The highest BCUT2D eigenvalue weighted by molar-refractivity contribution is 6.04. The van der Waals surface area contributed by atoms with E-state index in [9.17, 15) is 14.0 Å². The van der Waals surface area contributed by atoms with Gasteiger partial charge in [-0.15, -0.1) is 0 Å². The van der Waals surface area contributed by atoms with Crippen molar-refractivity contribution < 1.29 is 14.0 Å². The number of aromatic amines is 1. The van der Waals surface area contributed by atoms with Crippen LogP contribution in [0.15, 0.2) is 24.3 Å². The first-order chi connectivity index (χ1) is 12.5. The largest absolute Gasteiger partial charge is 0.327 e. The molecule has 0 atom stereocenters. The minimum absolute atomic E-state index is 0.157. The van der Waals surface area contributed by atoms with Crippen molar-refractivity contribution in [3.63, 3.8) is 0 Å². The van der Waals surface area contributed by atoms with Gasteiger partial charge in [-0.2, -0.15) is 5.10 Å². The lowest BCUT2D eigenvalue weighted by Gasteiger charge is -2.24. The van der Waals surface area contributed by atoms with Crippen LogP contribution in [0, 0.1) is 5.82 Å². The Morgan fingerprint density at radius 2 is 2.04 bits per heavy atom. The summed E-state index contributed by atoms with van der Waals surface area (Å²) in [5.41, 5.74) is 1.92. The fraction of sp³-hybridized carbons (Fsp3) is 0.421. The van der Waals surface area contributed by atoms with Gasteiger partial charge in [0.1, 0.15) is 5.82 Å². The second-order valence-electron chi connectivity index (χ2n) is 7.00. The minimum atomic E-state index is -0.390. The molecule has 2 amide bonds. The summed E-state index contributed by atoms with van der Waals surface area (Å²) < 4.78 is 13.0. The molecule has 4 rings (SSSR count). The van der Waals surface area contributed by atoms with Crippen LogP contribution in [0.3, 0.4) is 0 Å². The number of unbranched alkanes of at least 4 members (excludes halogenated alkanes) is 1. The van der Waals surface area contributed by atoms with Gasteiger partial charge in [-0.25, -0.2) is 4.39 Å². The Hall–Kier alpha value is -2.70. The van der Waals surface area contributed by atoms with Crippen LogP contribution in [0.25, 0.3) is 0 Å². The lowest BCUT2D eigenvalue weighted by molar-refractivity contribution is -0.134. The summed E-state index contributed by atoms with van der Waals surface area (Å²) in [6, 6.07) is 5.36. The molecule has 0 unspecified atom stereocenters. The summed E-state index contributed by atoms with van der Waals surface area (Å²) in [4.78, 5) is 26.9. The van der Waals surface area contributed by atoms with Crippen LogP contribution >= 0.6 is 0 Å². The number of carbonyl (C=O) groups is 2. The number of hydrogen-bond donors (Lipinski definition) is 2. The summed E-state index contributed by atoms with van der Waals surface area (Å²) in [6.45, 7) is 2.53. The van der Waals surface area contributed by atoms with Crippen LogP contribution in [-0.2, 0) is 16.9 Å². The van der Waals surface area contributed by atoms with Crippen LogP contribution in [0.4, 0.5) is 10.2 Å². The molecule has 1 saturated carbocycles.